The van der Waals surface area contributed by atoms with E-state index in [1.165, 1.54) is 32.1 Å². The molecule has 2 fully saturated rings. The molecule has 0 atom stereocenters. The van der Waals surface area contributed by atoms with Crippen molar-refractivity contribution in [1.82, 2.24) is 20.0 Å². The van der Waals surface area contributed by atoms with Crippen LogP contribution < -0.4 is 5.32 Å². The molecule has 0 bridgehead atoms. The molecule has 2 heterocycles. The molecular formula is C21H35N5O2. The average molecular weight is 390 g/mol. The zero-order valence-electron chi connectivity index (χ0n) is 17.4. The zero-order valence-corrected chi connectivity index (χ0v) is 17.4. The molecule has 0 unspecified atom stereocenters. The van der Waals surface area contributed by atoms with Crippen molar-refractivity contribution in [3.63, 3.8) is 0 Å². The van der Waals surface area contributed by atoms with E-state index in [0.717, 1.165) is 44.6 Å². The van der Waals surface area contributed by atoms with Crippen LogP contribution in [-0.2, 0) is 0 Å². The molecular weight excluding hydrogens is 354 g/mol. The van der Waals surface area contributed by atoms with Crippen LogP contribution in [0.3, 0.4) is 0 Å². The van der Waals surface area contributed by atoms with Gasteiger partial charge in [-0.15, -0.1) is 0 Å². The van der Waals surface area contributed by atoms with E-state index in [4.69, 9.17) is 4.42 Å². The van der Waals surface area contributed by atoms with Gasteiger partial charge in [0.1, 0.15) is 0 Å². The van der Waals surface area contributed by atoms with Gasteiger partial charge in [0.05, 0.1) is 6.26 Å². The van der Waals surface area contributed by atoms with Crippen LogP contribution in [-0.4, -0.2) is 86.0 Å². The Morgan fingerprint density at radius 2 is 1.93 bits per heavy atom. The highest BCUT2D eigenvalue weighted by Gasteiger charge is 2.25. The number of rotatable bonds is 6. The van der Waals surface area contributed by atoms with Crippen molar-refractivity contribution in [3.05, 3.63) is 24.2 Å². The molecule has 1 aromatic heterocycles. The van der Waals surface area contributed by atoms with Crippen molar-refractivity contribution in [3.8, 4) is 0 Å². The quantitative estimate of drug-likeness (QED) is 0.459. The maximum absolute atomic E-state index is 12.4. The van der Waals surface area contributed by atoms with Gasteiger partial charge in [-0.05, 0) is 45.0 Å². The van der Waals surface area contributed by atoms with E-state index >= 15 is 0 Å². The van der Waals surface area contributed by atoms with E-state index in [1.807, 2.05) is 11.9 Å². The first-order valence-electron chi connectivity index (χ1n) is 10.7. The number of aliphatic imine (C=N–C) groups is 1. The van der Waals surface area contributed by atoms with Crippen molar-refractivity contribution in [2.45, 2.75) is 44.6 Å². The summed E-state index contributed by atoms with van der Waals surface area (Å²) in [7, 11) is 4.09. The molecule has 28 heavy (non-hydrogen) atoms. The Morgan fingerprint density at radius 1 is 1.21 bits per heavy atom. The number of nitrogens with one attached hydrogen (secondary N) is 1. The maximum Gasteiger partial charge on any atom is 0.289 e. The average Bonchev–Trinajstić information content (AvgIpc) is 3.29. The van der Waals surface area contributed by atoms with Crippen LogP contribution in [0.1, 0.15) is 49.1 Å². The third kappa shape index (κ3) is 5.50. The molecule has 7 nitrogen and oxygen atoms in total. The number of amides is 1. The Balaban J connectivity index is 1.36. The summed E-state index contributed by atoms with van der Waals surface area (Å²) in [5.74, 6) is 1.32. The van der Waals surface area contributed by atoms with Gasteiger partial charge >= 0.3 is 0 Å². The first-order valence-corrected chi connectivity index (χ1v) is 10.7. The monoisotopic (exact) mass is 389 g/mol. The third-order valence-electron chi connectivity index (χ3n) is 5.98. The van der Waals surface area contributed by atoms with Gasteiger partial charge in [-0.25, -0.2) is 0 Å². The van der Waals surface area contributed by atoms with Gasteiger partial charge in [-0.2, -0.15) is 0 Å². The lowest BCUT2D eigenvalue weighted by atomic mass is 9.94. The lowest BCUT2D eigenvalue weighted by Gasteiger charge is -2.36. The SMILES string of the molecule is CN=C(NCCCN(C)C1CCCCC1)N1CCN(C(=O)c2ccco2)CC1. The second-order valence-electron chi connectivity index (χ2n) is 7.86. The van der Waals surface area contributed by atoms with Crippen LogP contribution in [0.5, 0.6) is 0 Å². The molecule has 2 aliphatic rings. The standard InChI is InChI=1S/C21H35N5O2/c1-22-21(23-11-7-12-24(2)18-8-4-3-5-9-18)26-15-13-25(14-16-26)20(27)19-10-6-17-28-19/h6,10,17-18H,3-5,7-9,11-16H2,1-2H3,(H,22,23). The normalized spacial score (nSPS) is 19.3. The fourth-order valence-corrected chi connectivity index (χ4v) is 4.24. The Morgan fingerprint density at radius 3 is 2.57 bits per heavy atom. The molecule has 7 heteroatoms. The number of hydrogen-bond donors (Lipinski definition) is 1. The molecule has 3 rings (SSSR count). The van der Waals surface area contributed by atoms with E-state index < -0.39 is 0 Å². The topological polar surface area (TPSA) is 64.3 Å². The first kappa shape index (κ1) is 20.7. The molecule has 1 N–H and O–H groups in total. The van der Waals surface area contributed by atoms with E-state index in [-0.39, 0.29) is 5.91 Å². The summed E-state index contributed by atoms with van der Waals surface area (Å²) in [6, 6.07) is 4.24. The van der Waals surface area contributed by atoms with Gasteiger partial charge in [0.15, 0.2) is 11.7 Å². The molecule has 156 valence electrons. The van der Waals surface area contributed by atoms with Gasteiger partial charge in [-0.1, -0.05) is 19.3 Å². The number of carbonyl (C=O) groups excluding carboxylic acids is 1. The van der Waals surface area contributed by atoms with Crippen LogP contribution in [0.4, 0.5) is 0 Å². The van der Waals surface area contributed by atoms with Gasteiger partial charge < -0.3 is 24.4 Å². The lowest BCUT2D eigenvalue weighted by Crippen LogP contribution is -2.54. The number of carbonyl (C=O) groups is 1. The van der Waals surface area contributed by atoms with Gasteiger partial charge in [0.2, 0.25) is 0 Å². The van der Waals surface area contributed by atoms with Crippen molar-refractivity contribution in [2.24, 2.45) is 4.99 Å². The first-order chi connectivity index (χ1) is 13.7. The van der Waals surface area contributed by atoms with Gasteiger partial charge in [-0.3, -0.25) is 9.79 Å². The molecule has 1 aliphatic carbocycles. The second kappa shape index (κ2) is 10.5. The third-order valence-corrected chi connectivity index (χ3v) is 5.98. The minimum absolute atomic E-state index is 0.0293. The maximum atomic E-state index is 12.4. The number of guanidine groups is 1. The van der Waals surface area contributed by atoms with Crippen molar-refractivity contribution < 1.29 is 9.21 Å². The number of piperazine rings is 1. The lowest BCUT2D eigenvalue weighted by molar-refractivity contribution is 0.0657. The summed E-state index contributed by atoms with van der Waals surface area (Å²) in [6.07, 6.45) is 9.54. The molecule has 1 aliphatic heterocycles. The Hall–Kier alpha value is -2.02. The second-order valence-corrected chi connectivity index (χ2v) is 7.86. The Bertz CT molecular complexity index is 617. The van der Waals surface area contributed by atoms with E-state index in [0.29, 0.717) is 18.8 Å². The summed E-state index contributed by atoms with van der Waals surface area (Å²) in [5.41, 5.74) is 0. The summed E-state index contributed by atoms with van der Waals surface area (Å²) < 4.78 is 5.23. The predicted octanol–water partition coefficient (Wildman–Crippen LogP) is 2.27. The highest BCUT2D eigenvalue weighted by Crippen LogP contribution is 2.21. The number of hydrogen-bond acceptors (Lipinski definition) is 4. The summed E-state index contributed by atoms with van der Waals surface area (Å²) in [4.78, 5) is 23.4. The smallest absolute Gasteiger partial charge is 0.289 e. The Kier molecular flexibility index (Phi) is 7.77. The molecule has 1 saturated heterocycles. The fourth-order valence-electron chi connectivity index (χ4n) is 4.24. The molecule has 1 aromatic rings. The van der Waals surface area contributed by atoms with Crippen molar-refractivity contribution in [1.29, 1.82) is 0 Å². The molecule has 0 radical (unpaired) electrons. The highest BCUT2D eigenvalue weighted by molar-refractivity contribution is 5.91. The van der Waals surface area contributed by atoms with Gasteiger partial charge in [0.25, 0.3) is 5.91 Å². The van der Waals surface area contributed by atoms with Crippen LogP contribution in [0.2, 0.25) is 0 Å². The molecule has 0 spiro atoms. The molecule has 1 amide bonds. The number of furan rings is 1. The number of nitrogens with zero attached hydrogens (tertiary/aromatic N) is 4. The fraction of sp³-hybridized carbons (Fsp3) is 0.714. The molecule has 1 saturated carbocycles. The van der Waals surface area contributed by atoms with Crippen LogP contribution in [0, 0.1) is 0 Å². The highest BCUT2D eigenvalue weighted by atomic mass is 16.3. The summed E-state index contributed by atoms with van der Waals surface area (Å²) >= 11 is 0. The zero-order chi connectivity index (χ0) is 19.8. The minimum atomic E-state index is -0.0293. The van der Waals surface area contributed by atoms with E-state index in [9.17, 15) is 4.79 Å². The predicted molar refractivity (Wildman–Crippen MR) is 112 cm³/mol. The van der Waals surface area contributed by atoms with Crippen LogP contribution in [0.15, 0.2) is 27.8 Å². The van der Waals surface area contributed by atoms with E-state index in [1.54, 1.807) is 18.4 Å². The van der Waals surface area contributed by atoms with Crippen LogP contribution >= 0.6 is 0 Å². The summed E-state index contributed by atoms with van der Waals surface area (Å²) in [5, 5.41) is 3.50. The van der Waals surface area contributed by atoms with Crippen molar-refractivity contribution >= 4 is 11.9 Å². The largest absolute Gasteiger partial charge is 0.459 e. The molecule has 0 aromatic carbocycles. The Labute approximate surface area is 168 Å². The van der Waals surface area contributed by atoms with Gasteiger partial charge in [0, 0.05) is 45.8 Å². The van der Waals surface area contributed by atoms with Crippen LogP contribution in [0.25, 0.3) is 0 Å². The van der Waals surface area contributed by atoms with Crippen molar-refractivity contribution in [2.75, 3.05) is 53.4 Å². The minimum Gasteiger partial charge on any atom is -0.459 e. The van der Waals surface area contributed by atoms with E-state index in [2.05, 4.69) is 27.2 Å². The summed E-state index contributed by atoms with van der Waals surface area (Å²) in [6.45, 7) is 4.99.